The summed E-state index contributed by atoms with van der Waals surface area (Å²) in [4.78, 5) is 8.69. The Bertz CT molecular complexity index is 616. The van der Waals surface area contributed by atoms with Crippen molar-refractivity contribution in [2.24, 2.45) is 0 Å². The molecular weight excluding hydrogens is 284 g/mol. The van der Waals surface area contributed by atoms with Gasteiger partial charge in [0.15, 0.2) is 0 Å². The van der Waals surface area contributed by atoms with Crippen LogP contribution in [0, 0.1) is 0 Å². The van der Waals surface area contributed by atoms with Crippen LogP contribution in [-0.4, -0.2) is 29.3 Å². The molecule has 0 N–H and O–H groups in total. The average Bonchev–Trinajstić information content (AvgIpc) is 2.63. The Kier molecular flexibility index (Phi) is 4.42. The second kappa shape index (κ2) is 6.83. The second-order valence-electron chi connectivity index (χ2n) is 6.55. The summed E-state index contributed by atoms with van der Waals surface area (Å²) < 4.78 is 0. The number of fused-ring (bicyclic) bond motifs is 1. The van der Waals surface area contributed by atoms with Crippen LogP contribution in [0.5, 0.6) is 0 Å². The zero-order valence-electron chi connectivity index (χ0n) is 13.5. The monoisotopic (exact) mass is 308 g/mol. The first kappa shape index (κ1) is 14.9. The summed E-state index contributed by atoms with van der Waals surface area (Å²) in [7, 11) is 0. The Morgan fingerprint density at radius 1 is 0.913 bits per heavy atom. The molecule has 0 bridgehead atoms. The third-order valence-electron chi connectivity index (χ3n) is 5.05. The minimum atomic E-state index is 0.311. The van der Waals surface area contributed by atoms with Crippen LogP contribution in [0.3, 0.4) is 0 Å². The number of hydrogen-bond donors (Lipinski definition) is 0. The Hall–Kier alpha value is -1.68. The molecule has 2 fully saturated rings. The summed E-state index contributed by atoms with van der Waals surface area (Å²) in [6, 6.07) is 22.3. The molecule has 4 rings (SSSR count). The van der Waals surface area contributed by atoms with Crippen molar-refractivity contribution in [2.75, 3.05) is 13.3 Å². The standard InChI is InChI=1S/C20H24N2O/c1-3-9-17(10-4-1)15-22-20(18-11-5-2-6-12-18)19-13-7-8-14-21(19)16-23-22/h1-6,9-12,19-20H,7-8,13-16H2/t19-,20+/m0/s1. The first-order valence-electron chi connectivity index (χ1n) is 8.64. The lowest BCUT2D eigenvalue weighted by Gasteiger charge is -2.49. The van der Waals surface area contributed by atoms with E-state index in [1.165, 1.54) is 30.4 Å². The summed E-state index contributed by atoms with van der Waals surface area (Å²) in [6.45, 7) is 2.72. The molecule has 0 unspecified atom stereocenters. The first-order chi connectivity index (χ1) is 11.4. The molecule has 3 heteroatoms. The van der Waals surface area contributed by atoms with Gasteiger partial charge in [-0.3, -0.25) is 9.74 Å². The van der Waals surface area contributed by atoms with Gasteiger partial charge < -0.3 is 0 Å². The lowest BCUT2D eigenvalue weighted by Crippen LogP contribution is -2.55. The maximum Gasteiger partial charge on any atom is 0.121 e. The molecular formula is C20H24N2O. The normalized spacial score (nSPS) is 25.9. The highest BCUT2D eigenvalue weighted by molar-refractivity contribution is 5.22. The minimum Gasteiger partial charge on any atom is -0.282 e. The number of hydroxylamine groups is 2. The van der Waals surface area contributed by atoms with Gasteiger partial charge in [0.1, 0.15) is 6.73 Å². The van der Waals surface area contributed by atoms with E-state index >= 15 is 0 Å². The highest BCUT2D eigenvalue weighted by Gasteiger charge is 2.39. The van der Waals surface area contributed by atoms with Gasteiger partial charge in [-0.1, -0.05) is 67.1 Å². The Balaban J connectivity index is 1.63. The van der Waals surface area contributed by atoms with E-state index in [0.717, 1.165) is 19.8 Å². The summed E-state index contributed by atoms with van der Waals surface area (Å²) in [5, 5.41) is 2.21. The lowest BCUT2D eigenvalue weighted by molar-refractivity contribution is -0.282. The first-order valence-corrected chi connectivity index (χ1v) is 8.64. The van der Waals surface area contributed by atoms with Gasteiger partial charge in [0.25, 0.3) is 0 Å². The fourth-order valence-electron chi connectivity index (χ4n) is 3.90. The molecule has 2 aliphatic heterocycles. The van der Waals surface area contributed by atoms with Crippen LogP contribution >= 0.6 is 0 Å². The van der Waals surface area contributed by atoms with E-state index in [1.54, 1.807) is 0 Å². The van der Waals surface area contributed by atoms with Crippen molar-refractivity contribution in [1.29, 1.82) is 0 Å². The van der Waals surface area contributed by atoms with E-state index < -0.39 is 0 Å². The molecule has 2 heterocycles. The van der Waals surface area contributed by atoms with Crippen molar-refractivity contribution >= 4 is 0 Å². The van der Waals surface area contributed by atoms with Crippen molar-refractivity contribution in [3.05, 3.63) is 71.8 Å². The van der Waals surface area contributed by atoms with Crippen molar-refractivity contribution in [3.8, 4) is 0 Å². The molecule has 2 atom stereocenters. The van der Waals surface area contributed by atoms with Crippen LogP contribution in [0.2, 0.25) is 0 Å². The topological polar surface area (TPSA) is 15.7 Å². The predicted octanol–water partition coefficient (Wildman–Crippen LogP) is 3.99. The van der Waals surface area contributed by atoms with Crippen LogP contribution in [0.4, 0.5) is 0 Å². The third-order valence-corrected chi connectivity index (χ3v) is 5.05. The maximum absolute atomic E-state index is 6.18. The van der Waals surface area contributed by atoms with Gasteiger partial charge >= 0.3 is 0 Å². The molecule has 2 aliphatic rings. The fraction of sp³-hybridized carbons (Fsp3) is 0.400. The molecule has 3 nitrogen and oxygen atoms in total. The highest BCUT2D eigenvalue weighted by Crippen LogP contribution is 2.37. The summed E-state index contributed by atoms with van der Waals surface area (Å²) >= 11 is 0. The van der Waals surface area contributed by atoms with E-state index in [4.69, 9.17) is 4.84 Å². The van der Waals surface area contributed by atoms with Gasteiger partial charge in [0.2, 0.25) is 0 Å². The molecule has 2 aromatic rings. The van der Waals surface area contributed by atoms with E-state index in [1.807, 2.05) is 0 Å². The molecule has 0 radical (unpaired) electrons. The smallest absolute Gasteiger partial charge is 0.121 e. The number of rotatable bonds is 3. The molecule has 0 spiro atoms. The number of piperidine rings is 1. The van der Waals surface area contributed by atoms with Crippen LogP contribution in [0.1, 0.15) is 36.4 Å². The molecule has 2 aromatic carbocycles. The molecule has 120 valence electrons. The van der Waals surface area contributed by atoms with Crippen LogP contribution in [0.25, 0.3) is 0 Å². The largest absolute Gasteiger partial charge is 0.282 e. The van der Waals surface area contributed by atoms with Crippen LogP contribution < -0.4 is 0 Å². The Labute approximate surface area is 138 Å². The van der Waals surface area contributed by atoms with Crippen molar-refractivity contribution < 1.29 is 4.84 Å². The highest BCUT2D eigenvalue weighted by atomic mass is 16.7. The van der Waals surface area contributed by atoms with E-state index in [0.29, 0.717) is 12.1 Å². The molecule has 0 aliphatic carbocycles. The maximum atomic E-state index is 6.18. The van der Waals surface area contributed by atoms with E-state index in [-0.39, 0.29) is 0 Å². The van der Waals surface area contributed by atoms with Crippen LogP contribution in [-0.2, 0) is 11.4 Å². The zero-order chi connectivity index (χ0) is 15.5. The SMILES string of the molecule is c1ccc(CN2OCN3CCCC[C@H]3[C@H]2c2ccccc2)cc1. The molecule has 0 saturated carbocycles. The third kappa shape index (κ3) is 3.18. The predicted molar refractivity (Wildman–Crippen MR) is 91.5 cm³/mol. The molecule has 2 saturated heterocycles. The Morgan fingerprint density at radius 2 is 1.65 bits per heavy atom. The van der Waals surface area contributed by atoms with Gasteiger partial charge in [-0.2, -0.15) is 5.06 Å². The summed E-state index contributed by atoms with van der Waals surface area (Å²) in [6.07, 6.45) is 3.87. The van der Waals surface area contributed by atoms with Gasteiger partial charge in [-0.25, -0.2) is 0 Å². The molecule has 0 amide bonds. The summed E-state index contributed by atoms with van der Waals surface area (Å²) in [5.74, 6) is 0. The number of hydrogen-bond acceptors (Lipinski definition) is 3. The quantitative estimate of drug-likeness (QED) is 0.853. The van der Waals surface area contributed by atoms with Gasteiger partial charge in [0.05, 0.1) is 6.04 Å². The average molecular weight is 308 g/mol. The van der Waals surface area contributed by atoms with Gasteiger partial charge in [-0.05, 0) is 24.0 Å². The summed E-state index contributed by atoms with van der Waals surface area (Å²) in [5.41, 5.74) is 2.66. The van der Waals surface area contributed by atoms with Crippen molar-refractivity contribution in [2.45, 2.75) is 37.9 Å². The molecule has 23 heavy (non-hydrogen) atoms. The molecule has 0 aromatic heterocycles. The van der Waals surface area contributed by atoms with Gasteiger partial charge in [-0.15, -0.1) is 0 Å². The lowest BCUT2D eigenvalue weighted by atomic mass is 9.90. The zero-order valence-corrected chi connectivity index (χ0v) is 13.5. The van der Waals surface area contributed by atoms with Crippen LogP contribution in [0.15, 0.2) is 60.7 Å². The van der Waals surface area contributed by atoms with Crippen molar-refractivity contribution in [1.82, 2.24) is 9.96 Å². The second-order valence-corrected chi connectivity index (χ2v) is 6.55. The van der Waals surface area contributed by atoms with E-state index in [9.17, 15) is 0 Å². The Morgan fingerprint density at radius 3 is 2.43 bits per heavy atom. The minimum absolute atomic E-state index is 0.311. The number of benzene rings is 2. The van der Waals surface area contributed by atoms with Crippen molar-refractivity contribution in [3.63, 3.8) is 0 Å². The fourth-order valence-corrected chi connectivity index (χ4v) is 3.90. The van der Waals surface area contributed by atoms with Gasteiger partial charge in [0, 0.05) is 19.1 Å². The number of nitrogens with zero attached hydrogens (tertiary/aromatic N) is 2. The van der Waals surface area contributed by atoms with E-state index in [2.05, 4.69) is 70.6 Å².